The van der Waals surface area contributed by atoms with Crippen molar-refractivity contribution in [2.24, 2.45) is 12.0 Å². The number of hydrogen-bond acceptors (Lipinski definition) is 2. The van der Waals surface area contributed by atoms with Gasteiger partial charge in [0.25, 0.3) is 0 Å². The van der Waals surface area contributed by atoms with Crippen LogP contribution in [-0.2, 0) is 13.6 Å². The number of nitrogens with one attached hydrogen (secondary N) is 1. The summed E-state index contributed by atoms with van der Waals surface area (Å²) in [5.74, 6) is 0.900. The number of halogens is 1. The Balaban J connectivity index is 2.52. The first kappa shape index (κ1) is 18.8. The van der Waals surface area contributed by atoms with Crippen molar-refractivity contribution in [2.75, 3.05) is 33.7 Å². The summed E-state index contributed by atoms with van der Waals surface area (Å²) in [6.45, 7) is 10.4. The first-order valence-corrected chi connectivity index (χ1v) is 8.23. The van der Waals surface area contributed by atoms with Gasteiger partial charge in [-0.25, -0.2) is 0 Å². The maximum absolute atomic E-state index is 6.04. The highest BCUT2D eigenvalue weighted by atomic mass is 35.5. The van der Waals surface area contributed by atoms with Gasteiger partial charge in [-0.05, 0) is 26.5 Å². The first-order valence-electron chi connectivity index (χ1n) is 7.85. The van der Waals surface area contributed by atoms with Crippen molar-refractivity contribution < 1.29 is 0 Å². The van der Waals surface area contributed by atoms with E-state index >= 15 is 0 Å². The molecule has 5 nitrogen and oxygen atoms in total. The fraction of sp³-hybridized carbons (Fsp3) is 0.688. The van der Waals surface area contributed by atoms with Gasteiger partial charge in [-0.1, -0.05) is 18.5 Å². The van der Waals surface area contributed by atoms with E-state index in [1.54, 1.807) is 0 Å². The second-order valence-corrected chi connectivity index (χ2v) is 6.25. The zero-order valence-corrected chi connectivity index (χ0v) is 15.5. The average molecular weight is 328 g/mol. The van der Waals surface area contributed by atoms with Crippen molar-refractivity contribution >= 4 is 17.6 Å². The van der Waals surface area contributed by atoms with Crippen LogP contribution in [0.2, 0.25) is 5.02 Å². The number of hydrogen-bond donors (Lipinski definition) is 1. The molecule has 0 saturated heterocycles. The minimum Gasteiger partial charge on any atom is -0.355 e. The van der Waals surface area contributed by atoms with Gasteiger partial charge in [0.2, 0.25) is 0 Å². The van der Waals surface area contributed by atoms with Crippen LogP contribution in [0.25, 0.3) is 0 Å². The third kappa shape index (κ3) is 5.54. The Morgan fingerprint density at radius 3 is 2.59 bits per heavy atom. The summed E-state index contributed by atoms with van der Waals surface area (Å²) in [4.78, 5) is 8.90. The van der Waals surface area contributed by atoms with Gasteiger partial charge in [0.1, 0.15) is 0 Å². The third-order valence-corrected chi connectivity index (χ3v) is 4.07. The van der Waals surface area contributed by atoms with Crippen molar-refractivity contribution in [3.8, 4) is 0 Å². The molecule has 0 bridgehead atoms. The van der Waals surface area contributed by atoms with Gasteiger partial charge in [-0.3, -0.25) is 9.89 Å². The van der Waals surface area contributed by atoms with Gasteiger partial charge in [0, 0.05) is 52.2 Å². The molecule has 1 N–H and O–H groups in total. The van der Waals surface area contributed by atoms with Crippen molar-refractivity contribution in [2.45, 2.75) is 33.4 Å². The molecule has 22 heavy (non-hydrogen) atoms. The van der Waals surface area contributed by atoms with Crippen LogP contribution < -0.4 is 5.32 Å². The van der Waals surface area contributed by atoms with E-state index in [1.165, 1.54) is 0 Å². The molecule has 0 radical (unpaired) electrons. The molecule has 126 valence electrons. The molecule has 0 aromatic carbocycles. The minimum atomic E-state index is 0.567. The number of nitrogens with zero attached hydrogens (tertiary/aromatic N) is 4. The molecule has 0 aliphatic rings. The lowest BCUT2D eigenvalue weighted by Gasteiger charge is -2.27. The molecule has 0 unspecified atom stereocenters. The van der Waals surface area contributed by atoms with Crippen LogP contribution in [0, 0.1) is 0 Å². The summed E-state index contributed by atoms with van der Waals surface area (Å²) < 4.78 is 2.05. The minimum absolute atomic E-state index is 0.567. The SMILES string of the molecule is CCN(CCNC(=NC)N(C)Cc1cc(Cl)cn1C)C(C)C. The Morgan fingerprint density at radius 2 is 2.14 bits per heavy atom. The number of aliphatic imine (C=N–C) groups is 1. The fourth-order valence-corrected chi connectivity index (χ4v) is 2.79. The largest absolute Gasteiger partial charge is 0.355 e. The van der Waals surface area contributed by atoms with E-state index in [4.69, 9.17) is 11.6 Å². The van der Waals surface area contributed by atoms with Gasteiger partial charge in [-0.15, -0.1) is 0 Å². The Labute approximate surface area is 139 Å². The standard InChI is InChI=1S/C16H30ClN5/c1-7-22(13(2)3)9-8-19-16(18-4)21(6)12-15-10-14(17)11-20(15)5/h10-11,13H,7-9,12H2,1-6H3,(H,18,19). The molecule has 0 atom stereocenters. The molecule has 1 aromatic rings. The van der Waals surface area contributed by atoms with E-state index in [1.807, 2.05) is 38.0 Å². The topological polar surface area (TPSA) is 35.8 Å². The second kappa shape index (κ2) is 9.06. The van der Waals surface area contributed by atoms with E-state index in [0.29, 0.717) is 6.04 Å². The lowest BCUT2D eigenvalue weighted by Crippen LogP contribution is -2.43. The van der Waals surface area contributed by atoms with Crippen molar-refractivity contribution in [1.29, 1.82) is 0 Å². The van der Waals surface area contributed by atoms with Crippen molar-refractivity contribution in [1.82, 2.24) is 19.7 Å². The van der Waals surface area contributed by atoms with E-state index < -0.39 is 0 Å². The molecular weight excluding hydrogens is 298 g/mol. The van der Waals surface area contributed by atoms with Crippen LogP contribution in [0.3, 0.4) is 0 Å². The molecule has 0 aliphatic carbocycles. The monoisotopic (exact) mass is 327 g/mol. The maximum atomic E-state index is 6.04. The Bertz CT molecular complexity index is 481. The highest BCUT2D eigenvalue weighted by Crippen LogP contribution is 2.14. The maximum Gasteiger partial charge on any atom is 0.193 e. The van der Waals surface area contributed by atoms with Crippen LogP contribution in [0.4, 0.5) is 0 Å². The summed E-state index contributed by atoms with van der Waals surface area (Å²) in [6, 6.07) is 2.56. The predicted octanol–water partition coefficient (Wildman–Crippen LogP) is 2.42. The molecule has 0 amide bonds. The Hall–Kier alpha value is -1.20. The Morgan fingerprint density at radius 1 is 1.45 bits per heavy atom. The van der Waals surface area contributed by atoms with Crippen LogP contribution in [0.1, 0.15) is 26.5 Å². The van der Waals surface area contributed by atoms with Crippen molar-refractivity contribution in [3.05, 3.63) is 23.0 Å². The third-order valence-electron chi connectivity index (χ3n) is 3.87. The molecule has 0 aliphatic heterocycles. The summed E-state index contributed by atoms with van der Waals surface area (Å²) >= 11 is 6.04. The summed E-state index contributed by atoms with van der Waals surface area (Å²) in [6.07, 6.45) is 1.92. The molecule has 0 saturated carbocycles. The normalized spacial score (nSPS) is 12.3. The molecule has 0 fully saturated rings. The van der Waals surface area contributed by atoms with Gasteiger partial charge in [0.15, 0.2) is 5.96 Å². The first-order chi connectivity index (χ1) is 10.4. The summed E-state index contributed by atoms with van der Waals surface area (Å²) in [5, 5.41) is 4.20. The molecule has 0 spiro atoms. The zero-order valence-electron chi connectivity index (χ0n) is 14.7. The average Bonchev–Trinajstić information content (AvgIpc) is 2.76. The second-order valence-electron chi connectivity index (χ2n) is 5.81. The number of rotatable bonds is 7. The molecular formula is C16H30ClN5. The molecule has 6 heteroatoms. The van der Waals surface area contributed by atoms with Crippen LogP contribution in [-0.4, -0.2) is 60.1 Å². The number of aromatic nitrogens is 1. The lowest BCUT2D eigenvalue weighted by atomic mass is 10.3. The molecule has 1 aromatic heterocycles. The smallest absolute Gasteiger partial charge is 0.193 e. The van der Waals surface area contributed by atoms with E-state index in [0.717, 1.165) is 42.9 Å². The number of likely N-dealkylation sites (N-methyl/N-ethyl adjacent to an activating group) is 1. The van der Waals surface area contributed by atoms with Crippen LogP contribution in [0.15, 0.2) is 17.3 Å². The van der Waals surface area contributed by atoms with Crippen LogP contribution in [0.5, 0.6) is 0 Å². The highest BCUT2D eigenvalue weighted by molar-refractivity contribution is 6.30. The molecule has 1 rings (SSSR count). The van der Waals surface area contributed by atoms with Gasteiger partial charge >= 0.3 is 0 Å². The zero-order chi connectivity index (χ0) is 16.7. The van der Waals surface area contributed by atoms with E-state index in [9.17, 15) is 0 Å². The predicted molar refractivity (Wildman–Crippen MR) is 95.6 cm³/mol. The van der Waals surface area contributed by atoms with Crippen LogP contribution >= 0.6 is 11.6 Å². The highest BCUT2D eigenvalue weighted by Gasteiger charge is 2.11. The number of guanidine groups is 1. The summed E-state index contributed by atoms with van der Waals surface area (Å²) in [7, 11) is 5.86. The van der Waals surface area contributed by atoms with Gasteiger partial charge < -0.3 is 14.8 Å². The fourth-order valence-electron chi connectivity index (χ4n) is 2.52. The van der Waals surface area contributed by atoms with E-state index in [2.05, 4.69) is 40.9 Å². The Kier molecular flexibility index (Phi) is 7.76. The van der Waals surface area contributed by atoms with Crippen molar-refractivity contribution in [3.63, 3.8) is 0 Å². The molecule has 1 heterocycles. The van der Waals surface area contributed by atoms with Gasteiger partial charge in [0.05, 0.1) is 11.6 Å². The summed E-state index contributed by atoms with van der Waals surface area (Å²) in [5.41, 5.74) is 1.16. The lowest BCUT2D eigenvalue weighted by molar-refractivity contribution is 0.236. The quantitative estimate of drug-likeness (QED) is 0.617. The van der Waals surface area contributed by atoms with Gasteiger partial charge in [-0.2, -0.15) is 0 Å². The number of aryl methyl sites for hydroxylation is 1. The van der Waals surface area contributed by atoms with E-state index in [-0.39, 0.29) is 0 Å².